The number of benzene rings is 2. The van der Waals surface area contributed by atoms with Crippen molar-refractivity contribution in [2.75, 3.05) is 12.8 Å². The second-order valence-corrected chi connectivity index (χ2v) is 7.90. The molecule has 32 heavy (non-hydrogen) atoms. The first-order valence-electron chi connectivity index (χ1n) is 10.9. The average molecular weight is 434 g/mol. The summed E-state index contributed by atoms with van der Waals surface area (Å²) in [5, 5.41) is 2.89. The molecule has 1 heterocycles. The zero-order valence-electron chi connectivity index (χ0n) is 18.9. The zero-order valence-corrected chi connectivity index (χ0v) is 18.9. The van der Waals surface area contributed by atoms with Crippen LogP contribution in [0.5, 0.6) is 11.5 Å². The number of pyridine rings is 1. The van der Waals surface area contributed by atoms with E-state index >= 15 is 0 Å². The summed E-state index contributed by atoms with van der Waals surface area (Å²) in [4.78, 5) is 16.6. The second kappa shape index (κ2) is 11.3. The van der Waals surface area contributed by atoms with Gasteiger partial charge in [-0.3, -0.25) is 4.79 Å². The summed E-state index contributed by atoms with van der Waals surface area (Å²) in [7, 11) is 1.59. The van der Waals surface area contributed by atoms with Crippen molar-refractivity contribution in [1.82, 2.24) is 10.3 Å². The van der Waals surface area contributed by atoms with Crippen molar-refractivity contribution < 1.29 is 14.3 Å². The molecule has 0 fully saturated rings. The number of nitrogens with zero attached hydrogens (tertiary/aromatic N) is 1. The highest BCUT2D eigenvalue weighted by atomic mass is 16.5. The number of amides is 1. The molecule has 0 radical (unpaired) electrons. The Labute approximate surface area is 189 Å². The largest absolute Gasteiger partial charge is 0.457 e. The highest BCUT2D eigenvalue weighted by molar-refractivity contribution is 5.98. The van der Waals surface area contributed by atoms with Gasteiger partial charge in [0.15, 0.2) is 0 Å². The lowest BCUT2D eigenvalue weighted by atomic mass is 9.96. The maximum atomic E-state index is 12.5. The van der Waals surface area contributed by atoms with Gasteiger partial charge in [0.25, 0.3) is 5.91 Å². The number of ether oxygens (including phenoxy) is 2. The van der Waals surface area contributed by atoms with Crippen LogP contribution in [0.3, 0.4) is 0 Å². The summed E-state index contributed by atoms with van der Waals surface area (Å²) in [5.41, 5.74) is 9.24. The van der Waals surface area contributed by atoms with Gasteiger partial charge in [-0.25, -0.2) is 4.98 Å². The number of hydrogen-bond donors (Lipinski definition) is 2. The summed E-state index contributed by atoms with van der Waals surface area (Å²) in [6.45, 7) is 5.18. The molecule has 0 spiro atoms. The number of carbonyl (C=O) groups is 1. The van der Waals surface area contributed by atoms with Crippen LogP contribution >= 0.6 is 0 Å². The van der Waals surface area contributed by atoms with E-state index in [1.165, 1.54) is 5.56 Å². The fourth-order valence-electron chi connectivity index (χ4n) is 3.52. The number of nitrogen functional groups attached to an aromatic ring is 1. The van der Waals surface area contributed by atoms with Crippen molar-refractivity contribution in [3.05, 3.63) is 83.0 Å². The summed E-state index contributed by atoms with van der Waals surface area (Å²) >= 11 is 0. The molecule has 1 atom stereocenters. The van der Waals surface area contributed by atoms with Gasteiger partial charge in [0.1, 0.15) is 17.3 Å². The third-order valence-corrected chi connectivity index (χ3v) is 5.29. The van der Waals surface area contributed by atoms with Crippen LogP contribution in [0.1, 0.15) is 59.7 Å². The van der Waals surface area contributed by atoms with Gasteiger partial charge in [-0.1, -0.05) is 44.5 Å². The molecule has 3 N–H and O–H groups in total. The fourth-order valence-corrected chi connectivity index (χ4v) is 3.52. The van der Waals surface area contributed by atoms with Crippen LogP contribution in [-0.2, 0) is 17.9 Å². The van der Waals surface area contributed by atoms with E-state index in [0.29, 0.717) is 24.6 Å². The quantitative estimate of drug-likeness (QED) is 0.445. The molecule has 1 amide bonds. The predicted octanol–water partition coefficient (Wildman–Crippen LogP) is 5.44. The molecule has 168 valence electrons. The lowest BCUT2D eigenvalue weighted by Crippen LogP contribution is -2.24. The number of nitrogens with one attached hydrogen (secondary N) is 1. The molecule has 0 saturated heterocycles. The molecule has 2 aromatic carbocycles. The molecular formula is C26H31N3O3. The maximum Gasteiger partial charge on any atom is 0.255 e. The Kier molecular flexibility index (Phi) is 8.22. The normalized spacial score (nSPS) is 11.7. The lowest BCUT2D eigenvalue weighted by Gasteiger charge is -2.13. The van der Waals surface area contributed by atoms with E-state index in [1.807, 2.05) is 36.4 Å². The van der Waals surface area contributed by atoms with Gasteiger partial charge >= 0.3 is 0 Å². The van der Waals surface area contributed by atoms with Crippen molar-refractivity contribution in [2.24, 2.45) is 0 Å². The summed E-state index contributed by atoms with van der Waals surface area (Å²) in [6, 6.07) is 17.6. The van der Waals surface area contributed by atoms with Gasteiger partial charge in [0.05, 0.1) is 12.2 Å². The van der Waals surface area contributed by atoms with E-state index in [-0.39, 0.29) is 11.7 Å². The van der Waals surface area contributed by atoms with Crippen LogP contribution in [-0.4, -0.2) is 18.0 Å². The molecule has 0 aliphatic carbocycles. The van der Waals surface area contributed by atoms with E-state index in [1.54, 1.807) is 19.4 Å². The summed E-state index contributed by atoms with van der Waals surface area (Å²) in [6.07, 6.45) is 3.92. The Morgan fingerprint density at radius 3 is 2.59 bits per heavy atom. The minimum Gasteiger partial charge on any atom is -0.457 e. The summed E-state index contributed by atoms with van der Waals surface area (Å²) < 4.78 is 11.1. The number of hydrogen-bond acceptors (Lipinski definition) is 5. The molecule has 0 aliphatic rings. The van der Waals surface area contributed by atoms with E-state index in [4.69, 9.17) is 15.2 Å². The molecule has 3 rings (SSSR count). The van der Waals surface area contributed by atoms with Crippen molar-refractivity contribution in [3.8, 4) is 11.5 Å². The Hall–Kier alpha value is -3.38. The smallest absolute Gasteiger partial charge is 0.255 e. The minimum atomic E-state index is -0.272. The van der Waals surface area contributed by atoms with Gasteiger partial charge in [-0.15, -0.1) is 0 Å². The molecule has 0 saturated carbocycles. The summed E-state index contributed by atoms with van der Waals surface area (Å²) in [5.74, 6) is 2.01. The molecule has 6 nitrogen and oxygen atoms in total. The Morgan fingerprint density at radius 2 is 1.88 bits per heavy atom. The van der Waals surface area contributed by atoms with E-state index in [2.05, 4.69) is 36.3 Å². The van der Waals surface area contributed by atoms with Gasteiger partial charge in [-0.2, -0.15) is 0 Å². The Balaban J connectivity index is 1.59. The molecule has 0 bridgehead atoms. The highest BCUT2D eigenvalue weighted by Gasteiger charge is 2.12. The number of carbonyl (C=O) groups excluding carboxylic acids is 1. The van der Waals surface area contributed by atoms with E-state index in [0.717, 1.165) is 35.5 Å². The van der Waals surface area contributed by atoms with Gasteiger partial charge in [0.2, 0.25) is 0 Å². The van der Waals surface area contributed by atoms with Crippen LogP contribution in [0.25, 0.3) is 0 Å². The van der Waals surface area contributed by atoms with Crippen molar-refractivity contribution in [2.45, 2.75) is 45.8 Å². The number of methoxy groups -OCH3 is 1. The van der Waals surface area contributed by atoms with Gasteiger partial charge < -0.3 is 20.5 Å². The number of anilines is 1. The van der Waals surface area contributed by atoms with Crippen LogP contribution < -0.4 is 15.8 Å². The van der Waals surface area contributed by atoms with Crippen molar-refractivity contribution >= 4 is 11.7 Å². The van der Waals surface area contributed by atoms with Crippen molar-refractivity contribution in [3.63, 3.8) is 0 Å². The SMILES string of the molecule is CCCC(C)c1cccc(Oc2ccc(CNC(=O)c3cc(COC)cnc3N)cc2)c1. The third-order valence-electron chi connectivity index (χ3n) is 5.29. The zero-order chi connectivity index (χ0) is 22.9. The van der Waals surface area contributed by atoms with Crippen LogP contribution in [0, 0.1) is 0 Å². The lowest BCUT2D eigenvalue weighted by molar-refractivity contribution is 0.0951. The van der Waals surface area contributed by atoms with E-state index < -0.39 is 0 Å². The number of rotatable bonds is 10. The molecule has 1 unspecified atom stereocenters. The number of nitrogens with two attached hydrogens (primary N) is 1. The highest BCUT2D eigenvalue weighted by Crippen LogP contribution is 2.27. The standard InChI is InChI=1S/C26H31N3O3/c1-4-6-18(2)21-7-5-8-23(14-21)32-22-11-9-19(10-12-22)15-29-26(30)24-13-20(17-31-3)16-28-25(24)27/h5,7-14,16,18H,4,6,15,17H2,1-3H3,(H2,27,28)(H,29,30). The van der Waals surface area contributed by atoms with Gasteiger partial charge in [-0.05, 0) is 59.4 Å². The Bertz CT molecular complexity index is 1030. The average Bonchev–Trinajstić information content (AvgIpc) is 2.80. The van der Waals surface area contributed by atoms with Crippen LogP contribution in [0.2, 0.25) is 0 Å². The maximum absolute atomic E-state index is 12.5. The third kappa shape index (κ3) is 6.31. The fraction of sp³-hybridized carbons (Fsp3) is 0.308. The number of aromatic nitrogens is 1. The van der Waals surface area contributed by atoms with Crippen LogP contribution in [0.15, 0.2) is 60.8 Å². The first-order valence-corrected chi connectivity index (χ1v) is 10.9. The molecule has 3 aromatic rings. The first-order chi connectivity index (χ1) is 15.5. The molecular weight excluding hydrogens is 402 g/mol. The minimum absolute atomic E-state index is 0.196. The molecule has 0 aliphatic heterocycles. The van der Waals surface area contributed by atoms with Crippen molar-refractivity contribution in [1.29, 1.82) is 0 Å². The van der Waals surface area contributed by atoms with Gasteiger partial charge in [0, 0.05) is 19.9 Å². The second-order valence-electron chi connectivity index (χ2n) is 7.90. The van der Waals surface area contributed by atoms with E-state index in [9.17, 15) is 4.79 Å². The Morgan fingerprint density at radius 1 is 1.09 bits per heavy atom. The predicted molar refractivity (Wildman–Crippen MR) is 127 cm³/mol. The molecule has 1 aromatic heterocycles. The topological polar surface area (TPSA) is 86.5 Å². The molecule has 6 heteroatoms. The van der Waals surface area contributed by atoms with Crippen LogP contribution in [0.4, 0.5) is 5.82 Å². The monoisotopic (exact) mass is 433 g/mol. The first kappa shape index (κ1) is 23.3.